The van der Waals surface area contributed by atoms with E-state index in [9.17, 15) is 18.0 Å². The lowest BCUT2D eigenvalue weighted by Crippen LogP contribution is -2.12. The van der Waals surface area contributed by atoms with E-state index in [1.54, 1.807) is 25.1 Å². The number of ether oxygens (including phenoxy) is 1. The van der Waals surface area contributed by atoms with E-state index in [4.69, 9.17) is 4.74 Å². The Morgan fingerprint density at radius 3 is 2.63 bits per heavy atom. The number of carbonyl (C=O) groups is 1. The Labute approximate surface area is 153 Å². The number of aryl methyl sites for hydroxylation is 2. The maximum atomic E-state index is 13.1. The largest absolute Gasteiger partial charge is 0.496 e. The number of hydrogen-bond acceptors (Lipinski definition) is 4. The first kappa shape index (κ1) is 18.6. The van der Waals surface area contributed by atoms with Crippen molar-refractivity contribution in [1.29, 1.82) is 0 Å². The summed E-state index contributed by atoms with van der Waals surface area (Å²) in [5.74, 6) is 0.0938. The molecule has 0 saturated heterocycles. The molecule has 140 valence electrons. The summed E-state index contributed by atoms with van der Waals surface area (Å²) in [6, 6.07) is 6.01. The summed E-state index contributed by atoms with van der Waals surface area (Å²) in [7, 11) is 1.47. The molecule has 0 N–H and O–H groups in total. The summed E-state index contributed by atoms with van der Waals surface area (Å²) in [5, 5.41) is 3.92. The van der Waals surface area contributed by atoms with Crippen LogP contribution >= 0.6 is 0 Å². The summed E-state index contributed by atoms with van der Waals surface area (Å²) in [4.78, 5) is 16.5. The zero-order chi connectivity index (χ0) is 19.8. The van der Waals surface area contributed by atoms with Crippen molar-refractivity contribution < 1.29 is 22.7 Å². The third-order valence-electron chi connectivity index (χ3n) is 4.05. The smallest absolute Gasteiger partial charge is 0.433 e. The second-order valence-corrected chi connectivity index (χ2v) is 5.96. The van der Waals surface area contributed by atoms with Crippen LogP contribution in [0.1, 0.15) is 32.9 Å². The standard InChI is InChI=1S/C19H16F3N3O2/c1-11-4-5-14(16(10-11)27-3)15(26)7-6-13-12(2)24-25-17(19(20,21)22)8-9-23-18(13)25/h4-10H,1-3H3. The van der Waals surface area contributed by atoms with Crippen LogP contribution in [0, 0.1) is 13.8 Å². The molecule has 0 saturated carbocycles. The van der Waals surface area contributed by atoms with Crippen LogP contribution in [0.15, 0.2) is 36.5 Å². The predicted molar refractivity (Wildman–Crippen MR) is 93.8 cm³/mol. The van der Waals surface area contributed by atoms with Gasteiger partial charge in [-0.3, -0.25) is 4.79 Å². The molecule has 0 amide bonds. The van der Waals surface area contributed by atoms with Crippen LogP contribution < -0.4 is 4.74 Å². The summed E-state index contributed by atoms with van der Waals surface area (Å²) in [6.45, 7) is 3.43. The van der Waals surface area contributed by atoms with E-state index in [1.165, 1.54) is 19.3 Å². The average molecular weight is 375 g/mol. The van der Waals surface area contributed by atoms with Gasteiger partial charge in [0.2, 0.25) is 0 Å². The molecule has 2 aromatic heterocycles. The summed E-state index contributed by atoms with van der Waals surface area (Å²) < 4.78 is 45.4. The third-order valence-corrected chi connectivity index (χ3v) is 4.05. The molecule has 0 fully saturated rings. The van der Waals surface area contributed by atoms with Crippen molar-refractivity contribution in [1.82, 2.24) is 14.6 Å². The van der Waals surface area contributed by atoms with E-state index in [2.05, 4.69) is 10.1 Å². The molecule has 0 bridgehead atoms. The Balaban J connectivity index is 2.02. The number of rotatable bonds is 4. The number of benzene rings is 1. The van der Waals surface area contributed by atoms with Gasteiger partial charge in [-0.25, -0.2) is 9.50 Å². The minimum absolute atomic E-state index is 0.0299. The Hall–Kier alpha value is -3.16. The normalized spacial score (nSPS) is 12.1. The molecule has 0 aliphatic heterocycles. The van der Waals surface area contributed by atoms with Gasteiger partial charge >= 0.3 is 6.18 Å². The van der Waals surface area contributed by atoms with Gasteiger partial charge in [-0.2, -0.15) is 18.3 Å². The lowest BCUT2D eigenvalue weighted by molar-refractivity contribution is -0.142. The van der Waals surface area contributed by atoms with E-state index in [0.29, 0.717) is 22.6 Å². The topological polar surface area (TPSA) is 56.5 Å². The molecule has 27 heavy (non-hydrogen) atoms. The Kier molecular flexibility index (Phi) is 4.73. The van der Waals surface area contributed by atoms with Gasteiger partial charge in [-0.1, -0.05) is 6.07 Å². The zero-order valence-electron chi connectivity index (χ0n) is 14.8. The maximum Gasteiger partial charge on any atom is 0.433 e. The van der Waals surface area contributed by atoms with Gasteiger partial charge in [0.15, 0.2) is 11.4 Å². The van der Waals surface area contributed by atoms with Gasteiger partial charge in [0.25, 0.3) is 0 Å². The van der Waals surface area contributed by atoms with Gasteiger partial charge in [-0.15, -0.1) is 0 Å². The van der Waals surface area contributed by atoms with Crippen LogP contribution in [0.3, 0.4) is 0 Å². The number of methoxy groups -OCH3 is 1. The third kappa shape index (κ3) is 3.55. The molecule has 0 aliphatic carbocycles. The first-order chi connectivity index (χ1) is 12.7. The number of ketones is 1. The Morgan fingerprint density at radius 1 is 1.22 bits per heavy atom. The van der Waals surface area contributed by atoms with Crippen molar-refractivity contribution in [3.05, 3.63) is 64.6 Å². The van der Waals surface area contributed by atoms with Gasteiger partial charge in [-0.05, 0) is 49.8 Å². The van der Waals surface area contributed by atoms with Gasteiger partial charge < -0.3 is 4.74 Å². The monoisotopic (exact) mass is 375 g/mol. The molecule has 0 radical (unpaired) electrons. The first-order valence-corrected chi connectivity index (χ1v) is 8.01. The van der Waals surface area contributed by atoms with Gasteiger partial charge in [0, 0.05) is 11.8 Å². The molecule has 3 rings (SSSR count). The Bertz CT molecular complexity index is 1050. The van der Waals surface area contributed by atoms with E-state index in [0.717, 1.165) is 22.3 Å². The first-order valence-electron chi connectivity index (χ1n) is 8.01. The zero-order valence-corrected chi connectivity index (χ0v) is 14.8. The molecule has 1 aromatic carbocycles. The molecule has 0 spiro atoms. The highest BCUT2D eigenvalue weighted by molar-refractivity contribution is 6.09. The molecule has 2 heterocycles. The number of allylic oxidation sites excluding steroid dienone is 1. The molecule has 0 atom stereocenters. The van der Waals surface area contributed by atoms with E-state index < -0.39 is 11.9 Å². The average Bonchev–Trinajstić information content (AvgIpc) is 2.93. The quantitative estimate of drug-likeness (QED) is 0.505. The highest BCUT2D eigenvalue weighted by Gasteiger charge is 2.34. The van der Waals surface area contributed by atoms with Gasteiger partial charge in [0.1, 0.15) is 11.4 Å². The minimum atomic E-state index is -4.56. The lowest BCUT2D eigenvalue weighted by Gasteiger charge is -2.07. The fraction of sp³-hybridized carbons (Fsp3) is 0.211. The second-order valence-electron chi connectivity index (χ2n) is 5.96. The van der Waals surface area contributed by atoms with Crippen molar-refractivity contribution in [3.8, 4) is 5.75 Å². The van der Waals surface area contributed by atoms with Crippen LogP contribution in [-0.4, -0.2) is 27.5 Å². The summed E-state index contributed by atoms with van der Waals surface area (Å²) in [5.41, 5.74) is 1.08. The number of alkyl halides is 3. The molecule has 8 heteroatoms. The summed E-state index contributed by atoms with van der Waals surface area (Å²) in [6.07, 6.45) is -0.793. The van der Waals surface area contributed by atoms with Gasteiger partial charge in [0.05, 0.1) is 18.4 Å². The van der Waals surface area contributed by atoms with Crippen LogP contribution in [0.25, 0.3) is 11.7 Å². The number of halogens is 3. The number of fused-ring (bicyclic) bond motifs is 1. The molecular weight excluding hydrogens is 359 g/mol. The van der Waals surface area contributed by atoms with Crippen LogP contribution in [0.2, 0.25) is 0 Å². The molecule has 0 aliphatic rings. The van der Waals surface area contributed by atoms with Crippen molar-refractivity contribution in [3.63, 3.8) is 0 Å². The van der Waals surface area contributed by atoms with Crippen LogP contribution in [-0.2, 0) is 6.18 Å². The number of hydrogen-bond donors (Lipinski definition) is 0. The second kappa shape index (κ2) is 6.86. The predicted octanol–water partition coefficient (Wildman–Crippen LogP) is 4.27. The molecular formula is C19H16F3N3O2. The van der Waals surface area contributed by atoms with Crippen molar-refractivity contribution in [2.24, 2.45) is 0 Å². The van der Waals surface area contributed by atoms with Crippen molar-refractivity contribution >= 4 is 17.5 Å². The fourth-order valence-corrected chi connectivity index (χ4v) is 2.73. The van der Waals surface area contributed by atoms with E-state index in [-0.39, 0.29) is 11.4 Å². The van der Waals surface area contributed by atoms with Crippen LogP contribution in [0.5, 0.6) is 5.75 Å². The molecule has 5 nitrogen and oxygen atoms in total. The SMILES string of the molecule is COc1cc(C)ccc1C(=O)C=Cc1c(C)nn2c(C(F)(F)F)ccnc12. The maximum absolute atomic E-state index is 13.1. The highest BCUT2D eigenvalue weighted by Crippen LogP contribution is 2.30. The molecule has 0 unspecified atom stereocenters. The van der Waals surface area contributed by atoms with E-state index in [1.807, 2.05) is 6.92 Å². The summed E-state index contributed by atoms with van der Waals surface area (Å²) >= 11 is 0. The van der Waals surface area contributed by atoms with Crippen molar-refractivity contribution in [2.75, 3.05) is 7.11 Å². The van der Waals surface area contributed by atoms with E-state index >= 15 is 0 Å². The lowest BCUT2D eigenvalue weighted by atomic mass is 10.1. The highest BCUT2D eigenvalue weighted by atomic mass is 19.4. The number of carbonyl (C=O) groups excluding carboxylic acids is 1. The van der Waals surface area contributed by atoms with Crippen molar-refractivity contribution in [2.45, 2.75) is 20.0 Å². The van der Waals surface area contributed by atoms with Crippen LogP contribution in [0.4, 0.5) is 13.2 Å². The Morgan fingerprint density at radius 2 is 1.96 bits per heavy atom. The number of nitrogens with zero attached hydrogens (tertiary/aromatic N) is 3. The fourth-order valence-electron chi connectivity index (χ4n) is 2.73. The number of aromatic nitrogens is 3. The molecule has 3 aromatic rings. The minimum Gasteiger partial charge on any atom is -0.496 e.